The summed E-state index contributed by atoms with van der Waals surface area (Å²) in [5.41, 5.74) is 1.97. The second-order valence-electron chi connectivity index (χ2n) is 6.10. The van der Waals surface area contributed by atoms with Gasteiger partial charge in [-0.25, -0.2) is 4.98 Å². The van der Waals surface area contributed by atoms with Gasteiger partial charge in [-0.1, -0.05) is 27.7 Å². The van der Waals surface area contributed by atoms with Crippen molar-refractivity contribution in [2.24, 2.45) is 16.7 Å². The maximum Gasteiger partial charge on any atom is 0.202 e. The second kappa shape index (κ2) is 3.25. The van der Waals surface area contributed by atoms with Gasteiger partial charge in [0, 0.05) is 19.8 Å². The van der Waals surface area contributed by atoms with Gasteiger partial charge < -0.3 is 9.88 Å². The van der Waals surface area contributed by atoms with Crippen LogP contribution < -0.4 is 5.32 Å². The van der Waals surface area contributed by atoms with Crippen LogP contribution in [0.1, 0.15) is 33.4 Å². The molecule has 0 unspecified atom stereocenters. The van der Waals surface area contributed by atoms with Crippen molar-refractivity contribution in [3.8, 4) is 0 Å². The van der Waals surface area contributed by atoms with Crippen LogP contribution in [0.5, 0.6) is 0 Å². The van der Waals surface area contributed by atoms with E-state index in [9.17, 15) is 0 Å². The van der Waals surface area contributed by atoms with Crippen molar-refractivity contribution >= 4 is 5.95 Å². The minimum Gasteiger partial charge on any atom is -0.359 e. The molecule has 90 valence electrons. The van der Waals surface area contributed by atoms with Crippen LogP contribution >= 0.6 is 0 Å². The molecule has 0 radical (unpaired) electrons. The first kappa shape index (κ1) is 11.5. The number of rotatable bonds is 3. The van der Waals surface area contributed by atoms with Crippen molar-refractivity contribution in [1.82, 2.24) is 9.55 Å². The molecule has 2 rings (SSSR count). The number of imidazole rings is 1. The zero-order chi connectivity index (χ0) is 12.1. The Morgan fingerprint density at radius 3 is 2.31 bits per heavy atom. The van der Waals surface area contributed by atoms with Gasteiger partial charge in [-0.3, -0.25) is 0 Å². The van der Waals surface area contributed by atoms with Gasteiger partial charge in [0.25, 0.3) is 0 Å². The van der Waals surface area contributed by atoms with Gasteiger partial charge in [0.15, 0.2) is 0 Å². The lowest BCUT2D eigenvalue weighted by atomic mass is 10.0. The molecule has 1 aromatic heterocycles. The van der Waals surface area contributed by atoms with Crippen LogP contribution in [0.15, 0.2) is 6.20 Å². The third-order valence-electron chi connectivity index (χ3n) is 4.82. The lowest BCUT2D eigenvalue weighted by Gasteiger charge is -2.08. The van der Waals surface area contributed by atoms with Crippen LogP contribution in [-0.2, 0) is 6.54 Å². The van der Waals surface area contributed by atoms with Gasteiger partial charge in [-0.2, -0.15) is 0 Å². The number of anilines is 1. The van der Waals surface area contributed by atoms with Crippen molar-refractivity contribution in [1.29, 1.82) is 0 Å². The van der Waals surface area contributed by atoms with E-state index < -0.39 is 0 Å². The van der Waals surface area contributed by atoms with Crippen LogP contribution in [0.3, 0.4) is 0 Å². The van der Waals surface area contributed by atoms with Crippen LogP contribution in [0.25, 0.3) is 0 Å². The van der Waals surface area contributed by atoms with Crippen LogP contribution in [0, 0.1) is 23.7 Å². The van der Waals surface area contributed by atoms with Gasteiger partial charge in [0.05, 0.1) is 5.69 Å². The highest BCUT2D eigenvalue weighted by molar-refractivity contribution is 5.28. The number of nitrogens with zero attached hydrogens (tertiary/aromatic N) is 2. The molecule has 0 atom stereocenters. The van der Waals surface area contributed by atoms with E-state index in [1.165, 1.54) is 0 Å². The lowest BCUT2D eigenvalue weighted by Crippen LogP contribution is -2.07. The predicted octanol–water partition coefficient (Wildman–Crippen LogP) is 2.92. The standard InChI is InChI=1S/C13H23N3/c1-9-7-16(11(14-6)15-9)8-10-12(2,3)13(10,4)5/h7,10H,8H2,1-6H3,(H,14,15). The molecule has 1 aliphatic carbocycles. The molecule has 1 N–H and O–H groups in total. The summed E-state index contributed by atoms with van der Waals surface area (Å²) in [5.74, 6) is 1.72. The summed E-state index contributed by atoms with van der Waals surface area (Å²) in [7, 11) is 1.93. The smallest absolute Gasteiger partial charge is 0.202 e. The summed E-state index contributed by atoms with van der Waals surface area (Å²) >= 11 is 0. The molecular formula is C13H23N3. The third kappa shape index (κ3) is 1.45. The average Bonchev–Trinajstić information content (AvgIpc) is 2.49. The molecule has 0 aromatic carbocycles. The Kier molecular flexibility index (Phi) is 2.34. The Labute approximate surface area is 98.3 Å². The molecule has 3 heteroatoms. The van der Waals surface area contributed by atoms with E-state index in [4.69, 9.17) is 0 Å². The van der Waals surface area contributed by atoms with Crippen molar-refractivity contribution in [2.45, 2.75) is 41.2 Å². The zero-order valence-corrected chi connectivity index (χ0v) is 11.3. The molecule has 3 nitrogen and oxygen atoms in total. The number of nitrogens with one attached hydrogen (secondary N) is 1. The van der Waals surface area contributed by atoms with E-state index >= 15 is 0 Å². The van der Waals surface area contributed by atoms with E-state index in [-0.39, 0.29) is 0 Å². The van der Waals surface area contributed by atoms with Gasteiger partial charge in [0.2, 0.25) is 5.95 Å². The molecule has 0 aliphatic heterocycles. The summed E-state index contributed by atoms with van der Waals surface area (Å²) in [5, 5.41) is 3.16. The molecule has 1 fully saturated rings. The number of aryl methyl sites for hydroxylation is 1. The molecule has 0 amide bonds. The van der Waals surface area contributed by atoms with Crippen molar-refractivity contribution in [3.63, 3.8) is 0 Å². The predicted molar refractivity (Wildman–Crippen MR) is 67.6 cm³/mol. The van der Waals surface area contributed by atoms with Gasteiger partial charge in [-0.15, -0.1) is 0 Å². The Hall–Kier alpha value is -0.990. The molecule has 1 aromatic rings. The van der Waals surface area contributed by atoms with E-state index in [2.05, 4.69) is 48.8 Å². The Morgan fingerprint density at radius 2 is 1.88 bits per heavy atom. The molecule has 0 bridgehead atoms. The van der Waals surface area contributed by atoms with Crippen LogP contribution in [0.2, 0.25) is 0 Å². The lowest BCUT2D eigenvalue weighted by molar-refractivity contribution is 0.457. The summed E-state index contributed by atoms with van der Waals surface area (Å²) in [6.07, 6.45) is 2.14. The molecule has 0 saturated heterocycles. The first-order valence-corrected chi connectivity index (χ1v) is 6.02. The molecule has 1 saturated carbocycles. The Balaban J connectivity index is 2.17. The normalized spacial score (nSPS) is 22.1. The fraction of sp³-hybridized carbons (Fsp3) is 0.769. The third-order valence-corrected chi connectivity index (χ3v) is 4.82. The minimum absolute atomic E-state index is 0.441. The van der Waals surface area contributed by atoms with E-state index in [1.807, 2.05) is 14.0 Å². The fourth-order valence-electron chi connectivity index (χ4n) is 2.87. The zero-order valence-electron chi connectivity index (χ0n) is 11.3. The summed E-state index contributed by atoms with van der Waals surface area (Å²) in [4.78, 5) is 4.46. The van der Waals surface area contributed by atoms with E-state index in [1.54, 1.807) is 0 Å². The largest absolute Gasteiger partial charge is 0.359 e. The van der Waals surface area contributed by atoms with E-state index in [0.29, 0.717) is 10.8 Å². The maximum absolute atomic E-state index is 4.46. The van der Waals surface area contributed by atoms with Gasteiger partial charge in [-0.05, 0) is 23.7 Å². The van der Waals surface area contributed by atoms with Crippen LogP contribution in [0.4, 0.5) is 5.95 Å². The Bertz CT molecular complexity index is 387. The number of hydrogen-bond acceptors (Lipinski definition) is 2. The first-order chi connectivity index (χ1) is 7.30. The van der Waals surface area contributed by atoms with Crippen molar-refractivity contribution in [3.05, 3.63) is 11.9 Å². The van der Waals surface area contributed by atoms with Crippen molar-refractivity contribution < 1.29 is 0 Å². The highest BCUT2D eigenvalue weighted by Gasteiger charge is 2.64. The quantitative estimate of drug-likeness (QED) is 0.850. The highest BCUT2D eigenvalue weighted by Crippen LogP contribution is 2.68. The topological polar surface area (TPSA) is 29.9 Å². The van der Waals surface area contributed by atoms with E-state index in [0.717, 1.165) is 24.1 Å². The number of aromatic nitrogens is 2. The van der Waals surface area contributed by atoms with Gasteiger partial charge >= 0.3 is 0 Å². The van der Waals surface area contributed by atoms with Crippen LogP contribution in [-0.4, -0.2) is 16.6 Å². The maximum atomic E-state index is 4.46. The molecule has 1 heterocycles. The summed E-state index contributed by atoms with van der Waals surface area (Å²) in [6, 6.07) is 0. The minimum atomic E-state index is 0.441. The van der Waals surface area contributed by atoms with Crippen molar-refractivity contribution in [2.75, 3.05) is 12.4 Å². The monoisotopic (exact) mass is 221 g/mol. The molecular weight excluding hydrogens is 198 g/mol. The summed E-state index contributed by atoms with van der Waals surface area (Å²) < 4.78 is 2.25. The summed E-state index contributed by atoms with van der Waals surface area (Å²) in [6.45, 7) is 12.6. The highest BCUT2D eigenvalue weighted by atomic mass is 15.2. The Morgan fingerprint density at radius 1 is 1.31 bits per heavy atom. The second-order valence-corrected chi connectivity index (χ2v) is 6.10. The average molecular weight is 221 g/mol. The van der Waals surface area contributed by atoms with Gasteiger partial charge in [0.1, 0.15) is 0 Å². The molecule has 16 heavy (non-hydrogen) atoms. The number of hydrogen-bond donors (Lipinski definition) is 1. The SMILES string of the molecule is CNc1nc(C)cn1CC1C(C)(C)C1(C)C. The molecule has 1 aliphatic rings. The first-order valence-electron chi connectivity index (χ1n) is 6.02. The molecule has 0 spiro atoms. The fourth-order valence-corrected chi connectivity index (χ4v) is 2.87.